The third kappa shape index (κ3) is 3.12. The summed E-state index contributed by atoms with van der Waals surface area (Å²) < 4.78 is 6.88. The predicted molar refractivity (Wildman–Crippen MR) is 80.6 cm³/mol. The van der Waals surface area contributed by atoms with E-state index in [0.717, 1.165) is 29.8 Å². The molecule has 4 heteroatoms. The Morgan fingerprint density at radius 3 is 3.11 bits per heavy atom. The Morgan fingerprint density at radius 1 is 1.37 bits per heavy atom. The van der Waals surface area contributed by atoms with E-state index in [9.17, 15) is 0 Å². The smallest absolute Gasteiger partial charge is 0.124 e. The topological polar surface area (TPSA) is 24.5 Å². The summed E-state index contributed by atoms with van der Waals surface area (Å²) in [6.45, 7) is 3.20. The number of halogens is 1. The van der Waals surface area contributed by atoms with Gasteiger partial charge in [-0.2, -0.15) is 0 Å². The molecule has 0 radical (unpaired) electrons. The number of likely N-dealkylation sites (N-methyl/N-ethyl adjacent to an activating group) is 1. The minimum absolute atomic E-state index is 0.428. The average Bonchev–Trinajstić information content (AvgIpc) is 2.39. The van der Waals surface area contributed by atoms with Crippen molar-refractivity contribution in [2.75, 3.05) is 26.7 Å². The highest BCUT2D eigenvalue weighted by molar-refractivity contribution is 9.10. The quantitative estimate of drug-likeness (QED) is 0.905. The van der Waals surface area contributed by atoms with Gasteiger partial charge in [0, 0.05) is 35.1 Å². The molecule has 1 aromatic carbocycles. The van der Waals surface area contributed by atoms with E-state index in [1.807, 2.05) is 0 Å². The maximum atomic E-state index is 5.75. The van der Waals surface area contributed by atoms with Crippen LogP contribution in [0.4, 0.5) is 0 Å². The number of rotatable bonds is 2. The molecule has 104 valence electrons. The molecule has 0 saturated carbocycles. The van der Waals surface area contributed by atoms with E-state index in [1.165, 1.54) is 24.9 Å². The molecule has 0 spiro atoms. The Labute approximate surface area is 123 Å². The van der Waals surface area contributed by atoms with Crippen LogP contribution in [0.5, 0.6) is 5.75 Å². The molecule has 1 aromatic rings. The molecule has 2 atom stereocenters. The molecule has 19 heavy (non-hydrogen) atoms. The summed E-state index contributed by atoms with van der Waals surface area (Å²) in [6.07, 6.45) is 3.64. The number of ether oxygens (including phenoxy) is 1. The van der Waals surface area contributed by atoms with E-state index in [1.54, 1.807) is 0 Å². The van der Waals surface area contributed by atoms with E-state index in [0.29, 0.717) is 12.1 Å². The van der Waals surface area contributed by atoms with E-state index in [2.05, 4.69) is 51.4 Å². The molecule has 1 saturated heterocycles. The summed E-state index contributed by atoms with van der Waals surface area (Å²) in [4.78, 5) is 2.42. The molecule has 0 bridgehead atoms. The van der Waals surface area contributed by atoms with Gasteiger partial charge in [-0.05, 0) is 44.6 Å². The van der Waals surface area contributed by atoms with Crippen LogP contribution in [-0.2, 0) is 0 Å². The molecule has 0 aromatic heterocycles. The first-order chi connectivity index (χ1) is 9.22. The Balaban J connectivity index is 1.74. The number of likely N-dealkylation sites (tertiary alicyclic amines) is 1. The summed E-state index contributed by atoms with van der Waals surface area (Å²) in [6, 6.07) is 7.35. The number of nitrogens with zero attached hydrogens (tertiary/aromatic N) is 1. The second kappa shape index (κ2) is 5.81. The zero-order chi connectivity index (χ0) is 13.2. The summed E-state index contributed by atoms with van der Waals surface area (Å²) >= 11 is 3.56. The van der Waals surface area contributed by atoms with Crippen molar-refractivity contribution in [3.8, 4) is 5.75 Å². The van der Waals surface area contributed by atoms with Gasteiger partial charge in [0.15, 0.2) is 0 Å². The van der Waals surface area contributed by atoms with Crippen LogP contribution in [0.1, 0.15) is 30.9 Å². The third-order valence-corrected chi connectivity index (χ3v) is 4.57. The molecule has 0 aliphatic carbocycles. The van der Waals surface area contributed by atoms with Crippen molar-refractivity contribution in [3.05, 3.63) is 28.2 Å². The van der Waals surface area contributed by atoms with E-state index in [-0.39, 0.29) is 0 Å². The van der Waals surface area contributed by atoms with Gasteiger partial charge < -0.3 is 15.0 Å². The fourth-order valence-electron chi connectivity index (χ4n) is 3.13. The number of fused-ring (bicyclic) bond motifs is 1. The zero-order valence-corrected chi connectivity index (χ0v) is 12.9. The van der Waals surface area contributed by atoms with Gasteiger partial charge in [-0.3, -0.25) is 0 Å². The van der Waals surface area contributed by atoms with Gasteiger partial charge in [0.05, 0.1) is 6.61 Å². The van der Waals surface area contributed by atoms with Crippen LogP contribution in [-0.4, -0.2) is 37.7 Å². The molecule has 1 fully saturated rings. The second-order valence-electron chi connectivity index (χ2n) is 5.64. The third-order valence-electron chi connectivity index (χ3n) is 4.07. The van der Waals surface area contributed by atoms with Crippen LogP contribution in [0.25, 0.3) is 0 Å². The van der Waals surface area contributed by atoms with Gasteiger partial charge in [0.25, 0.3) is 0 Å². The standard InChI is InChI=1S/C15H21BrN2O/c1-18-7-2-3-12(10-18)17-14-6-8-19-15-5-4-11(16)9-13(14)15/h4-5,9,12,14,17H,2-3,6-8,10H2,1H3. The number of piperidine rings is 1. The first-order valence-electron chi connectivity index (χ1n) is 7.09. The van der Waals surface area contributed by atoms with Gasteiger partial charge in [-0.15, -0.1) is 0 Å². The lowest BCUT2D eigenvalue weighted by Gasteiger charge is -2.35. The van der Waals surface area contributed by atoms with Crippen molar-refractivity contribution < 1.29 is 4.74 Å². The maximum Gasteiger partial charge on any atom is 0.124 e. The van der Waals surface area contributed by atoms with Gasteiger partial charge in [-0.25, -0.2) is 0 Å². The number of hydrogen-bond donors (Lipinski definition) is 1. The van der Waals surface area contributed by atoms with Gasteiger partial charge >= 0.3 is 0 Å². The van der Waals surface area contributed by atoms with Crippen molar-refractivity contribution in [1.82, 2.24) is 10.2 Å². The van der Waals surface area contributed by atoms with Gasteiger partial charge in [0.2, 0.25) is 0 Å². The Hall–Kier alpha value is -0.580. The van der Waals surface area contributed by atoms with Crippen molar-refractivity contribution >= 4 is 15.9 Å². The Morgan fingerprint density at radius 2 is 2.26 bits per heavy atom. The molecule has 3 rings (SSSR count). The van der Waals surface area contributed by atoms with Gasteiger partial charge in [0.1, 0.15) is 5.75 Å². The van der Waals surface area contributed by atoms with Crippen LogP contribution in [0, 0.1) is 0 Å². The van der Waals surface area contributed by atoms with E-state index in [4.69, 9.17) is 4.74 Å². The van der Waals surface area contributed by atoms with Crippen LogP contribution >= 0.6 is 15.9 Å². The van der Waals surface area contributed by atoms with E-state index >= 15 is 0 Å². The molecular weight excluding hydrogens is 304 g/mol. The van der Waals surface area contributed by atoms with Crippen molar-refractivity contribution in [3.63, 3.8) is 0 Å². The number of benzene rings is 1. The minimum atomic E-state index is 0.428. The normalized spacial score (nSPS) is 27.7. The largest absolute Gasteiger partial charge is 0.493 e. The van der Waals surface area contributed by atoms with Crippen LogP contribution in [0.15, 0.2) is 22.7 Å². The van der Waals surface area contributed by atoms with Gasteiger partial charge in [-0.1, -0.05) is 15.9 Å². The summed E-state index contributed by atoms with van der Waals surface area (Å²) in [7, 11) is 2.21. The summed E-state index contributed by atoms with van der Waals surface area (Å²) in [5.41, 5.74) is 1.30. The number of nitrogens with one attached hydrogen (secondary N) is 1. The van der Waals surface area contributed by atoms with Crippen LogP contribution < -0.4 is 10.1 Å². The highest BCUT2D eigenvalue weighted by Crippen LogP contribution is 2.34. The zero-order valence-electron chi connectivity index (χ0n) is 11.4. The predicted octanol–water partition coefficient (Wildman–Crippen LogP) is 2.96. The molecule has 1 N–H and O–H groups in total. The summed E-state index contributed by atoms with van der Waals surface area (Å²) in [5.74, 6) is 1.04. The summed E-state index contributed by atoms with van der Waals surface area (Å²) in [5, 5.41) is 3.83. The molecule has 2 heterocycles. The minimum Gasteiger partial charge on any atom is -0.493 e. The average molecular weight is 325 g/mol. The van der Waals surface area contributed by atoms with Crippen molar-refractivity contribution in [2.45, 2.75) is 31.3 Å². The SMILES string of the molecule is CN1CCCC(NC2CCOc3ccc(Br)cc32)C1. The molecule has 2 aliphatic rings. The monoisotopic (exact) mass is 324 g/mol. The lowest BCUT2D eigenvalue weighted by Crippen LogP contribution is -2.46. The van der Waals surface area contributed by atoms with Crippen LogP contribution in [0.2, 0.25) is 0 Å². The Bertz CT molecular complexity index is 452. The lowest BCUT2D eigenvalue weighted by molar-refractivity contribution is 0.193. The first kappa shape index (κ1) is 13.4. The molecule has 2 aliphatic heterocycles. The number of hydrogen-bond acceptors (Lipinski definition) is 3. The lowest BCUT2D eigenvalue weighted by atomic mass is 9.97. The maximum absolute atomic E-state index is 5.75. The fraction of sp³-hybridized carbons (Fsp3) is 0.600. The Kier molecular flexibility index (Phi) is 4.10. The molecular formula is C15H21BrN2O. The van der Waals surface area contributed by atoms with Crippen LogP contribution in [0.3, 0.4) is 0 Å². The molecule has 2 unspecified atom stereocenters. The highest BCUT2D eigenvalue weighted by Gasteiger charge is 2.26. The highest BCUT2D eigenvalue weighted by atomic mass is 79.9. The van der Waals surface area contributed by atoms with Crippen molar-refractivity contribution in [2.24, 2.45) is 0 Å². The van der Waals surface area contributed by atoms with E-state index < -0.39 is 0 Å². The molecule has 0 amide bonds. The second-order valence-corrected chi connectivity index (χ2v) is 6.56. The fourth-order valence-corrected chi connectivity index (χ4v) is 3.50. The first-order valence-corrected chi connectivity index (χ1v) is 7.88. The molecule has 3 nitrogen and oxygen atoms in total. The van der Waals surface area contributed by atoms with Crippen molar-refractivity contribution in [1.29, 1.82) is 0 Å².